The Bertz CT molecular complexity index is 1030. The maximum absolute atomic E-state index is 12.4. The molecule has 29 heavy (non-hydrogen) atoms. The Morgan fingerprint density at radius 3 is 3.00 bits per heavy atom. The second-order valence-corrected chi connectivity index (χ2v) is 8.16. The Balaban J connectivity index is 1.47. The average molecular weight is 391 g/mol. The lowest BCUT2D eigenvalue weighted by atomic mass is 9.83. The first-order valence-electron chi connectivity index (χ1n) is 10.1. The van der Waals surface area contributed by atoms with Crippen LogP contribution in [-0.2, 0) is 16.1 Å². The minimum absolute atomic E-state index is 0.0538. The third-order valence-corrected chi connectivity index (χ3v) is 6.23. The normalized spacial score (nSPS) is 25.4. The van der Waals surface area contributed by atoms with Crippen LogP contribution in [0.15, 0.2) is 53.2 Å². The highest BCUT2D eigenvalue weighted by Gasteiger charge is 2.49. The Hall–Kier alpha value is -2.70. The number of aromatic nitrogens is 1. The fraction of sp³-hybridized carbons (Fsp3) is 0.391. The third kappa shape index (κ3) is 3.32. The summed E-state index contributed by atoms with van der Waals surface area (Å²) in [5, 5.41) is 4.45. The van der Waals surface area contributed by atoms with E-state index in [1.165, 1.54) is 5.56 Å². The lowest BCUT2D eigenvalue weighted by Gasteiger charge is -2.34. The number of rotatable bonds is 3. The number of ether oxygens (including phenoxy) is 1. The summed E-state index contributed by atoms with van der Waals surface area (Å²) in [4.78, 5) is 19.1. The van der Waals surface area contributed by atoms with Gasteiger partial charge in [0.05, 0.1) is 25.3 Å². The van der Waals surface area contributed by atoms with Crippen molar-refractivity contribution in [3.63, 3.8) is 0 Å². The number of aryl methyl sites for hydroxylation is 1. The molecule has 3 aromatic rings. The van der Waals surface area contributed by atoms with E-state index >= 15 is 0 Å². The van der Waals surface area contributed by atoms with Gasteiger partial charge < -0.3 is 14.5 Å². The van der Waals surface area contributed by atoms with Crippen LogP contribution in [0.25, 0.3) is 11.0 Å². The van der Waals surface area contributed by atoms with Crippen molar-refractivity contribution in [2.75, 3.05) is 26.3 Å². The van der Waals surface area contributed by atoms with Crippen LogP contribution in [0.5, 0.6) is 0 Å². The zero-order valence-corrected chi connectivity index (χ0v) is 16.6. The molecule has 2 atom stereocenters. The van der Waals surface area contributed by atoms with E-state index in [2.05, 4.69) is 34.3 Å². The molecule has 1 N–H and O–H groups in total. The van der Waals surface area contributed by atoms with E-state index in [1.807, 2.05) is 30.5 Å². The summed E-state index contributed by atoms with van der Waals surface area (Å²) in [6.45, 7) is 5.32. The van der Waals surface area contributed by atoms with Gasteiger partial charge in [0.25, 0.3) is 0 Å². The van der Waals surface area contributed by atoms with Gasteiger partial charge in [-0.25, -0.2) is 0 Å². The molecule has 1 aromatic carbocycles. The molecule has 0 aliphatic carbocycles. The standard InChI is InChI=1S/C23H25N3O3/c1-16-18-6-2-3-7-20(18)29-21(16)13-26-12-19(17-5-4-9-24-11-17)23(14-26)15-28-10-8-22(27)25-23/h2-7,9,11,19H,8,10,12-15H2,1H3,(H,25,27)/t19-,23-/m0/s1. The Morgan fingerprint density at radius 1 is 1.28 bits per heavy atom. The van der Waals surface area contributed by atoms with E-state index in [4.69, 9.17) is 9.15 Å². The molecule has 2 fully saturated rings. The van der Waals surface area contributed by atoms with Crippen molar-refractivity contribution >= 4 is 16.9 Å². The fourth-order valence-electron chi connectivity index (χ4n) is 4.78. The topological polar surface area (TPSA) is 67.6 Å². The van der Waals surface area contributed by atoms with Gasteiger partial charge in [0, 0.05) is 43.2 Å². The van der Waals surface area contributed by atoms with Gasteiger partial charge in [0.2, 0.25) is 5.91 Å². The minimum atomic E-state index is -0.448. The highest BCUT2D eigenvalue weighted by atomic mass is 16.5. The van der Waals surface area contributed by atoms with Crippen LogP contribution in [0.3, 0.4) is 0 Å². The number of amides is 1. The molecule has 2 aromatic heterocycles. The Kier molecular flexibility index (Phi) is 4.60. The Morgan fingerprint density at radius 2 is 2.17 bits per heavy atom. The number of carbonyl (C=O) groups is 1. The van der Waals surface area contributed by atoms with Crippen molar-refractivity contribution in [1.82, 2.24) is 15.2 Å². The molecule has 2 aliphatic rings. The molecule has 6 nitrogen and oxygen atoms in total. The summed E-state index contributed by atoms with van der Waals surface area (Å²) < 4.78 is 12.0. The average Bonchev–Trinajstić information content (AvgIpc) is 3.16. The van der Waals surface area contributed by atoms with Crippen LogP contribution in [0.4, 0.5) is 0 Å². The van der Waals surface area contributed by atoms with E-state index in [0.29, 0.717) is 26.2 Å². The van der Waals surface area contributed by atoms with Crippen LogP contribution < -0.4 is 5.32 Å². The molecular formula is C23H25N3O3. The number of hydrogen-bond acceptors (Lipinski definition) is 5. The van der Waals surface area contributed by atoms with Gasteiger partial charge in [-0.3, -0.25) is 14.7 Å². The molecule has 150 valence electrons. The molecule has 0 saturated carbocycles. The second kappa shape index (κ2) is 7.28. The SMILES string of the molecule is Cc1c(CN2C[C@@H](c3cccnc3)[C@@]3(COCCC(=O)N3)C2)oc2ccccc12. The molecule has 2 saturated heterocycles. The summed E-state index contributed by atoms with van der Waals surface area (Å²) in [7, 11) is 0. The molecule has 6 heteroatoms. The van der Waals surface area contributed by atoms with Crippen LogP contribution in [0, 0.1) is 6.92 Å². The lowest BCUT2D eigenvalue weighted by Crippen LogP contribution is -2.55. The number of fused-ring (bicyclic) bond motifs is 1. The van der Waals surface area contributed by atoms with Gasteiger partial charge in [-0.15, -0.1) is 0 Å². The van der Waals surface area contributed by atoms with E-state index in [9.17, 15) is 4.79 Å². The van der Waals surface area contributed by atoms with E-state index in [1.54, 1.807) is 6.20 Å². The van der Waals surface area contributed by atoms with Crippen molar-refractivity contribution in [3.8, 4) is 0 Å². The van der Waals surface area contributed by atoms with Crippen molar-refractivity contribution < 1.29 is 13.9 Å². The summed E-state index contributed by atoms with van der Waals surface area (Å²) >= 11 is 0. The van der Waals surface area contributed by atoms with Gasteiger partial charge in [-0.1, -0.05) is 24.3 Å². The van der Waals surface area contributed by atoms with Crippen LogP contribution in [-0.4, -0.2) is 47.6 Å². The largest absolute Gasteiger partial charge is 0.459 e. The van der Waals surface area contributed by atoms with Crippen LogP contribution >= 0.6 is 0 Å². The summed E-state index contributed by atoms with van der Waals surface area (Å²) in [6.07, 6.45) is 4.09. The third-order valence-electron chi connectivity index (χ3n) is 6.23. The molecule has 1 amide bonds. The number of nitrogens with one attached hydrogen (secondary N) is 1. The number of pyridine rings is 1. The van der Waals surface area contributed by atoms with Gasteiger partial charge in [0.1, 0.15) is 11.3 Å². The Labute approximate surface area is 169 Å². The first-order chi connectivity index (χ1) is 14.1. The fourth-order valence-corrected chi connectivity index (χ4v) is 4.78. The smallest absolute Gasteiger partial charge is 0.222 e. The van der Waals surface area contributed by atoms with Crippen molar-refractivity contribution in [2.24, 2.45) is 0 Å². The molecule has 1 spiro atoms. The number of hydrogen-bond donors (Lipinski definition) is 1. The number of likely N-dealkylation sites (tertiary alicyclic amines) is 1. The summed E-state index contributed by atoms with van der Waals surface area (Å²) in [5.74, 6) is 1.15. The van der Waals surface area contributed by atoms with Crippen molar-refractivity contribution in [3.05, 3.63) is 65.7 Å². The zero-order valence-electron chi connectivity index (χ0n) is 16.6. The number of benzene rings is 1. The number of nitrogens with zero attached hydrogens (tertiary/aromatic N) is 2. The highest BCUT2D eigenvalue weighted by Crippen LogP contribution is 2.38. The monoisotopic (exact) mass is 391 g/mol. The maximum atomic E-state index is 12.4. The molecule has 2 aliphatic heterocycles. The summed E-state index contributed by atoms with van der Waals surface area (Å²) in [5.41, 5.74) is 2.78. The summed E-state index contributed by atoms with van der Waals surface area (Å²) in [6, 6.07) is 12.2. The molecule has 0 radical (unpaired) electrons. The molecule has 4 heterocycles. The lowest BCUT2D eigenvalue weighted by molar-refractivity contribution is -0.122. The molecular weight excluding hydrogens is 366 g/mol. The molecule has 5 rings (SSSR count). The van der Waals surface area contributed by atoms with Crippen LogP contribution in [0.2, 0.25) is 0 Å². The molecule has 0 unspecified atom stereocenters. The second-order valence-electron chi connectivity index (χ2n) is 8.16. The first-order valence-corrected chi connectivity index (χ1v) is 10.1. The zero-order chi connectivity index (χ0) is 19.8. The maximum Gasteiger partial charge on any atom is 0.222 e. The quantitative estimate of drug-likeness (QED) is 0.743. The van der Waals surface area contributed by atoms with Gasteiger partial charge in [0.15, 0.2) is 0 Å². The molecule has 0 bridgehead atoms. The first kappa shape index (κ1) is 18.3. The van der Waals surface area contributed by atoms with Crippen molar-refractivity contribution in [2.45, 2.75) is 31.3 Å². The number of carbonyl (C=O) groups excluding carboxylic acids is 1. The number of para-hydroxylation sites is 1. The highest BCUT2D eigenvalue weighted by molar-refractivity contribution is 5.81. The van der Waals surface area contributed by atoms with Gasteiger partial charge >= 0.3 is 0 Å². The minimum Gasteiger partial charge on any atom is -0.459 e. The predicted octanol–water partition coefficient (Wildman–Crippen LogP) is 3.01. The van der Waals surface area contributed by atoms with E-state index in [0.717, 1.165) is 35.4 Å². The van der Waals surface area contributed by atoms with Gasteiger partial charge in [-0.05, 0) is 30.2 Å². The number of furan rings is 1. The van der Waals surface area contributed by atoms with Crippen LogP contribution in [0.1, 0.15) is 29.2 Å². The van der Waals surface area contributed by atoms with Crippen molar-refractivity contribution in [1.29, 1.82) is 0 Å². The van der Waals surface area contributed by atoms with Gasteiger partial charge in [-0.2, -0.15) is 0 Å². The van der Waals surface area contributed by atoms with E-state index in [-0.39, 0.29) is 11.8 Å². The predicted molar refractivity (Wildman–Crippen MR) is 110 cm³/mol. The van der Waals surface area contributed by atoms with E-state index < -0.39 is 5.54 Å².